The molecular weight excluding hydrogens is 448 g/mol. The van der Waals surface area contributed by atoms with Crippen LogP contribution in [-0.4, -0.2) is 43.7 Å². The molecule has 34 heavy (non-hydrogen) atoms. The SMILES string of the molecule is CCN(CC)c1ccc(-c2cccc(C)c2-c2ccc(N(CC)CC)cc2)cc1.O=S(=O)(O)O. The van der Waals surface area contributed by atoms with Crippen LogP contribution < -0.4 is 9.80 Å². The van der Waals surface area contributed by atoms with Crippen molar-refractivity contribution in [3.8, 4) is 22.3 Å². The van der Waals surface area contributed by atoms with Gasteiger partial charge in [-0.3, -0.25) is 9.11 Å². The van der Waals surface area contributed by atoms with Gasteiger partial charge in [0.25, 0.3) is 0 Å². The monoisotopic (exact) mass is 484 g/mol. The van der Waals surface area contributed by atoms with Crippen LogP contribution in [0.5, 0.6) is 0 Å². The van der Waals surface area contributed by atoms with E-state index in [0.717, 1.165) is 26.2 Å². The maximum absolute atomic E-state index is 8.74. The van der Waals surface area contributed by atoms with E-state index < -0.39 is 10.4 Å². The predicted molar refractivity (Wildman–Crippen MR) is 143 cm³/mol. The Morgan fingerprint density at radius 1 is 0.647 bits per heavy atom. The van der Waals surface area contributed by atoms with Crippen molar-refractivity contribution in [2.75, 3.05) is 36.0 Å². The van der Waals surface area contributed by atoms with E-state index in [4.69, 9.17) is 17.5 Å². The summed E-state index contributed by atoms with van der Waals surface area (Å²) >= 11 is 0. The third-order valence-electron chi connectivity index (χ3n) is 5.86. The van der Waals surface area contributed by atoms with Crippen LogP contribution in [-0.2, 0) is 10.4 Å². The van der Waals surface area contributed by atoms with Gasteiger partial charge in [-0.1, -0.05) is 42.5 Å². The number of hydrogen-bond donors (Lipinski definition) is 2. The molecule has 0 heterocycles. The van der Waals surface area contributed by atoms with Crippen LogP contribution >= 0.6 is 0 Å². The molecule has 0 amide bonds. The van der Waals surface area contributed by atoms with Crippen molar-refractivity contribution in [2.24, 2.45) is 0 Å². The molecule has 0 aromatic heterocycles. The molecule has 0 radical (unpaired) electrons. The van der Waals surface area contributed by atoms with E-state index in [1.165, 1.54) is 39.2 Å². The summed E-state index contributed by atoms with van der Waals surface area (Å²) in [4.78, 5) is 4.77. The van der Waals surface area contributed by atoms with Gasteiger partial charge >= 0.3 is 10.4 Å². The van der Waals surface area contributed by atoms with Crippen LogP contribution in [0.25, 0.3) is 22.3 Å². The van der Waals surface area contributed by atoms with E-state index in [1.54, 1.807) is 0 Å². The Labute approximate surface area is 204 Å². The second-order valence-electron chi connectivity index (χ2n) is 7.88. The van der Waals surface area contributed by atoms with E-state index >= 15 is 0 Å². The zero-order valence-electron chi connectivity index (χ0n) is 20.7. The molecule has 0 bridgehead atoms. The fourth-order valence-electron chi connectivity index (χ4n) is 4.16. The Morgan fingerprint density at radius 2 is 1.03 bits per heavy atom. The highest BCUT2D eigenvalue weighted by atomic mass is 32.3. The van der Waals surface area contributed by atoms with E-state index in [0.29, 0.717) is 0 Å². The van der Waals surface area contributed by atoms with Crippen LogP contribution in [0, 0.1) is 6.92 Å². The third kappa shape index (κ3) is 7.58. The zero-order chi connectivity index (χ0) is 25.3. The molecule has 6 nitrogen and oxygen atoms in total. The average Bonchev–Trinajstić information content (AvgIpc) is 2.80. The minimum Gasteiger partial charge on any atom is -0.372 e. The van der Waals surface area contributed by atoms with Gasteiger partial charge in [-0.15, -0.1) is 0 Å². The van der Waals surface area contributed by atoms with Gasteiger partial charge in [0, 0.05) is 37.6 Å². The van der Waals surface area contributed by atoms with Gasteiger partial charge in [0.1, 0.15) is 0 Å². The lowest BCUT2D eigenvalue weighted by Crippen LogP contribution is -2.21. The first-order chi connectivity index (χ1) is 16.1. The van der Waals surface area contributed by atoms with E-state index in [2.05, 4.69) is 111 Å². The fraction of sp³-hybridized carbons (Fsp3) is 0.333. The van der Waals surface area contributed by atoms with Gasteiger partial charge < -0.3 is 9.80 Å². The summed E-state index contributed by atoms with van der Waals surface area (Å²) < 4.78 is 31.6. The largest absolute Gasteiger partial charge is 0.394 e. The Balaban J connectivity index is 0.000000739. The highest BCUT2D eigenvalue weighted by Gasteiger charge is 2.12. The molecule has 0 saturated heterocycles. The molecule has 3 rings (SSSR count). The van der Waals surface area contributed by atoms with Crippen molar-refractivity contribution in [2.45, 2.75) is 34.6 Å². The fourth-order valence-corrected chi connectivity index (χ4v) is 4.16. The minimum absolute atomic E-state index is 1.03. The molecule has 0 aliphatic heterocycles. The number of benzene rings is 3. The molecule has 2 N–H and O–H groups in total. The van der Waals surface area contributed by atoms with Gasteiger partial charge in [-0.2, -0.15) is 8.42 Å². The van der Waals surface area contributed by atoms with Crippen molar-refractivity contribution in [3.63, 3.8) is 0 Å². The molecule has 0 atom stereocenters. The molecule has 0 spiro atoms. The summed E-state index contributed by atoms with van der Waals surface area (Å²) in [7, 11) is -4.67. The second kappa shape index (κ2) is 12.6. The van der Waals surface area contributed by atoms with Crippen LogP contribution in [0.3, 0.4) is 0 Å². The van der Waals surface area contributed by atoms with Crippen LogP contribution in [0.15, 0.2) is 66.7 Å². The third-order valence-corrected chi connectivity index (χ3v) is 5.86. The molecule has 0 aliphatic carbocycles. The second-order valence-corrected chi connectivity index (χ2v) is 8.78. The topological polar surface area (TPSA) is 81.1 Å². The van der Waals surface area contributed by atoms with Crippen molar-refractivity contribution in [1.29, 1.82) is 0 Å². The van der Waals surface area contributed by atoms with E-state index in [-0.39, 0.29) is 0 Å². The summed E-state index contributed by atoms with van der Waals surface area (Å²) in [6, 6.07) is 24.7. The first-order valence-electron chi connectivity index (χ1n) is 11.6. The number of rotatable bonds is 8. The first-order valence-corrected chi connectivity index (χ1v) is 13.0. The lowest BCUT2D eigenvalue weighted by Gasteiger charge is -2.22. The molecule has 0 fully saturated rings. The van der Waals surface area contributed by atoms with Crippen molar-refractivity contribution in [1.82, 2.24) is 0 Å². The molecular formula is C27H36N2O4S. The summed E-state index contributed by atoms with van der Waals surface area (Å²) in [6.07, 6.45) is 0. The lowest BCUT2D eigenvalue weighted by molar-refractivity contribution is 0.381. The minimum atomic E-state index is -4.67. The maximum atomic E-state index is 8.74. The first kappa shape index (κ1) is 27.4. The van der Waals surface area contributed by atoms with E-state index in [9.17, 15) is 0 Å². The Hall–Kier alpha value is -2.87. The Kier molecular flexibility index (Phi) is 10.1. The van der Waals surface area contributed by atoms with Gasteiger partial charge in [-0.25, -0.2) is 0 Å². The van der Waals surface area contributed by atoms with Crippen molar-refractivity contribution >= 4 is 21.8 Å². The summed E-state index contributed by atoms with van der Waals surface area (Å²) in [5.74, 6) is 0. The van der Waals surface area contributed by atoms with Gasteiger partial charge in [-0.05, 0) is 86.7 Å². The Morgan fingerprint density at radius 3 is 1.41 bits per heavy atom. The summed E-state index contributed by atoms with van der Waals surface area (Å²) in [5.41, 5.74) is 9.06. The van der Waals surface area contributed by atoms with E-state index in [1.807, 2.05) is 0 Å². The van der Waals surface area contributed by atoms with Crippen LogP contribution in [0.4, 0.5) is 11.4 Å². The van der Waals surface area contributed by atoms with Crippen molar-refractivity contribution < 1.29 is 17.5 Å². The number of aryl methyl sites for hydroxylation is 1. The molecule has 3 aromatic rings. The van der Waals surface area contributed by atoms with Crippen molar-refractivity contribution in [3.05, 3.63) is 72.3 Å². The standard InChI is InChI=1S/C27H34N2.H2O4S/c1-6-28(7-2)24-17-13-22(14-18-24)26-12-10-11-21(5)27(26)23-15-19-25(20-16-23)29(8-3)9-4;1-5(2,3)4/h10-20H,6-9H2,1-5H3;(H2,1,2,3,4). The molecule has 7 heteroatoms. The normalized spacial score (nSPS) is 10.9. The molecule has 0 unspecified atom stereocenters. The van der Waals surface area contributed by atoms with Crippen LogP contribution in [0.1, 0.15) is 33.3 Å². The van der Waals surface area contributed by atoms with Gasteiger partial charge in [0.2, 0.25) is 0 Å². The molecule has 184 valence electrons. The highest BCUT2D eigenvalue weighted by molar-refractivity contribution is 7.79. The lowest BCUT2D eigenvalue weighted by atomic mass is 9.91. The van der Waals surface area contributed by atoms with Gasteiger partial charge in [0.15, 0.2) is 0 Å². The predicted octanol–water partition coefficient (Wildman–Crippen LogP) is 6.37. The molecule has 0 aliphatic rings. The van der Waals surface area contributed by atoms with Gasteiger partial charge in [0.05, 0.1) is 0 Å². The summed E-state index contributed by atoms with van der Waals surface area (Å²) in [5, 5.41) is 0. The Bertz CT molecular complexity index is 1130. The maximum Gasteiger partial charge on any atom is 0.394 e. The zero-order valence-corrected chi connectivity index (χ0v) is 21.5. The summed E-state index contributed by atoms with van der Waals surface area (Å²) in [6.45, 7) is 15.2. The smallest absolute Gasteiger partial charge is 0.372 e. The highest BCUT2D eigenvalue weighted by Crippen LogP contribution is 2.36. The molecule has 0 saturated carbocycles. The van der Waals surface area contributed by atoms with Crippen LogP contribution in [0.2, 0.25) is 0 Å². The number of anilines is 2. The number of nitrogens with zero attached hydrogens (tertiary/aromatic N) is 2. The number of hydrogen-bond acceptors (Lipinski definition) is 4. The molecule has 3 aromatic carbocycles. The quantitative estimate of drug-likeness (QED) is 0.362. The average molecular weight is 485 g/mol.